The van der Waals surface area contributed by atoms with Crippen LogP contribution in [0.1, 0.15) is 40.5 Å². The predicted molar refractivity (Wildman–Crippen MR) is 62.8 cm³/mol. The molecule has 0 aliphatic heterocycles. The van der Waals surface area contributed by atoms with Crippen molar-refractivity contribution in [3.63, 3.8) is 0 Å². The Morgan fingerprint density at radius 1 is 1.28 bits per heavy atom. The van der Waals surface area contributed by atoms with Crippen molar-refractivity contribution in [1.82, 2.24) is 0 Å². The molecule has 0 heterocycles. The Hall–Kier alpha value is -1.59. The monoisotopic (exact) mass is 260 g/mol. The standard InChI is InChI=1S/C12H20O6/c1-5-17-10(15)8(2)18-11(16)12(3,4)7-6-9(13)14/h8H,5-7H2,1-4H3,(H,13,14). The van der Waals surface area contributed by atoms with Crippen molar-refractivity contribution < 1.29 is 29.0 Å². The van der Waals surface area contributed by atoms with Crippen LogP contribution >= 0.6 is 0 Å². The normalized spacial score (nSPS) is 12.7. The Bertz CT molecular complexity index is 321. The second-order valence-corrected chi connectivity index (χ2v) is 4.58. The second-order valence-electron chi connectivity index (χ2n) is 4.58. The molecule has 104 valence electrons. The van der Waals surface area contributed by atoms with Crippen LogP contribution in [0.15, 0.2) is 0 Å². The van der Waals surface area contributed by atoms with Crippen LogP contribution in [0.4, 0.5) is 0 Å². The van der Waals surface area contributed by atoms with Crippen molar-refractivity contribution in [3.8, 4) is 0 Å². The van der Waals surface area contributed by atoms with Crippen molar-refractivity contribution in [2.24, 2.45) is 5.41 Å². The molecular weight excluding hydrogens is 240 g/mol. The van der Waals surface area contributed by atoms with Gasteiger partial charge in [-0.05, 0) is 34.1 Å². The van der Waals surface area contributed by atoms with Gasteiger partial charge in [-0.2, -0.15) is 0 Å². The minimum Gasteiger partial charge on any atom is -0.481 e. The summed E-state index contributed by atoms with van der Waals surface area (Å²) in [5.74, 6) is -2.20. The fourth-order valence-corrected chi connectivity index (χ4v) is 1.15. The van der Waals surface area contributed by atoms with E-state index < -0.39 is 29.4 Å². The van der Waals surface area contributed by atoms with E-state index in [1.54, 1.807) is 20.8 Å². The van der Waals surface area contributed by atoms with Gasteiger partial charge in [0.15, 0.2) is 6.10 Å². The lowest BCUT2D eigenvalue weighted by Crippen LogP contribution is -2.34. The molecule has 1 unspecified atom stereocenters. The Morgan fingerprint density at radius 3 is 2.28 bits per heavy atom. The lowest BCUT2D eigenvalue weighted by Gasteiger charge is -2.23. The smallest absolute Gasteiger partial charge is 0.347 e. The minimum atomic E-state index is -0.985. The topological polar surface area (TPSA) is 89.9 Å². The molecule has 6 nitrogen and oxygen atoms in total. The molecule has 0 aromatic heterocycles. The third-order valence-corrected chi connectivity index (χ3v) is 2.42. The van der Waals surface area contributed by atoms with Crippen LogP contribution < -0.4 is 0 Å². The largest absolute Gasteiger partial charge is 0.481 e. The highest BCUT2D eigenvalue weighted by molar-refractivity contribution is 5.82. The van der Waals surface area contributed by atoms with Gasteiger partial charge in [0.25, 0.3) is 0 Å². The summed E-state index contributed by atoms with van der Waals surface area (Å²) < 4.78 is 9.66. The number of ether oxygens (including phenoxy) is 2. The van der Waals surface area contributed by atoms with E-state index in [1.807, 2.05) is 0 Å². The number of carbonyl (C=O) groups is 3. The zero-order valence-corrected chi connectivity index (χ0v) is 11.2. The molecule has 1 atom stereocenters. The summed E-state index contributed by atoms with van der Waals surface area (Å²) in [5.41, 5.74) is -0.945. The molecule has 18 heavy (non-hydrogen) atoms. The van der Waals surface area contributed by atoms with E-state index in [0.29, 0.717) is 0 Å². The number of hydrogen-bond donors (Lipinski definition) is 1. The van der Waals surface area contributed by atoms with Crippen molar-refractivity contribution in [2.75, 3.05) is 6.61 Å². The fourth-order valence-electron chi connectivity index (χ4n) is 1.15. The van der Waals surface area contributed by atoms with Crippen molar-refractivity contribution in [1.29, 1.82) is 0 Å². The Labute approximate surface area is 106 Å². The molecule has 0 aliphatic rings. The van der Waals surface area contributed by atoms with Gasteiger partial charge in [-0.25, -0.2) is 4.79 Å². The van der Waals surface area contributed by atoms with Crippen LogP contribution in [0.3, 0.4) is 0 Å². The summed E-state index contributed by atoms with van der Waals surface area (Å²) in [4.78, 5) is 33.5. The van der Waals surface area contributed by atoms with Crippen LogP contribution in [-0.4, -0.2) is 35.7 Å². The first-order valence-corrected chi connectivity index (χ1v) is 5.80. The number of hydrogen-bond acceptors (Lipinski definition) is 5. The maximum absolute atomic E-state index is 11.8. The summed E-state index contributed by atoms with van der Waals surface area (Å²) in [6.45, 7) is 6.45. The molecule has 0 aromatic carbocycles. The third kappa shape index (κ3) is 5.65. The minimum absolute atomic E-state index is 0.129. The van der Waals surface area contributed by atoms with E-state index >= 15 is 0 Å². The van der Waals surface area contributed by atoms with Gasteiger partial charge in [0.05, 0.1) is 12.0 Å². The average molecular weight is 260 g/mol. The predicted octanol–water partition coefficient (Wildman–Crippen LogP) is 1.37. The van der Waals surface area contributed by atoms with Crippen molar-refractivity contribution >= 4 is 17.9 Å². The number of aliphatic carboxylic acids is 1. The van der Waals surface area contributed by atoms with Gasteiger partial charge in [0, 0.05) is 6.42 Å². The van der Waals surface area contributed by atoms with E-state index in [-0.39, 0.29) is 19.4 Å². The average Bonchev–Trinajstić information content (AvgIpc) is 2.26. The highest BCUT2D eigenvalue weighted by Gasteiger charge is 2.32. The van der Waals surface area contributed by atoms with E-state index in [9.17, 15) is 14.4 Å². The number of carboxylic acids is 1. The molecule has 0 aliphatic carbocycles. The van der Waals surface area contributed by atoms with Crippen LogP contribution in [-0.2, 0) is 23.9 Å². The van der Waals surface area contributed by atoms with E-state index in [4.69, 9.17) is 14.6 Å². The molecule has 1 N–H and O–H groups in total. The maximum Gasteiger partial charge on any atom is 0.347 e. The molecule has 0 rings (SSSR count). The van der Waals surface area contributed by atoms with Gasteiger partial charge in [0.2, 0.25) is 0 Å². The first-order valence-electron chi connectivity index (χ1n) is 5.80. The molecule has 0 fully saturated rings. The SMILES string of the molecule is CCOC(=O)C(C)OC(=O)C(C)(C)CCC(=O)O. The zero-order valence-electron chi connectivity index (χ0n) is 11.2. The van der Waals surface area contributed by atoms with E-state index in [1.165, 1.54) is 6.92 Å². The molecule has 6 heteroatoms. The third-order valence-electron chi connectivity index (χ3n) is 2.42. The quantitative estimate of drug-likeness (QED) is 0.695. The maximum atomic E-state index is 11.8. The van der Waals surface area contributed by atoms with E-state index in [0.717, 1.165) is 0 Å². The number of carboxylic acid groups (broad SMARTS) is 1. The highest BCUT2D eigenvalue weighted by Crippen LogP contribution is 2.24. The lowest BCUT2D eigenvalue weighted by atomic mass is 9.88. The summed E-state index contributed by atoms with van der Waals surface area (Å²) in [6, 6.07) is 0. The van der Waals surface area contributed by atoms with Gasteiger partial charge in [0.1, 0.15) is 0 Å². The highest BCUT2D eigenvalue weighted by atomic mass is 16.6. The molecule has 0 aromatic rings. The summed E-state index contributed by atoms with van der Waals surface area (Å²) in [5, 5.41) is 8.57. The van der Waals surface area contributed by atoms with Gasteiger partial charge in [-0.1, -0.05) is 0 Å². The molecule has 0 saturated carbocycles. The first-order chi connectivity index (χ1) is 8.20. The van der Waals surface area contributed by atoms with Crippen molar-refractivity contribution in [2.45, 2.75) is 46.6 Å². The van der Waals surface area contributed by atoms with Gasteiger partial charge < -0.3 is 14.6 Å². The van der Waals surface area contributed by atoms with Crippen LogP contribution in [0.5, 0.6) is 0 Å². The Kier molecular flexibility index (Phi) is 6.36. The van der Waals surface area contributed by atoms with Crippen LogP contribution in [0.25, 0.3) is 0 Å². The molecule has 0 radical (unpaired) electrons. The van der Waals surface area contributed by atoms with Gasteiger partial charge in [-0.15, -0.1) is 0 Å². The number of esters is 2. The summed E-state index contributed by atoms with van der Waals surface area (Å²) in [7, 11) is 0. The molecule has 0 saturated heterocycles. The summed E-state index contributed by atoms with van der Waals surface area (Å²) in [6.07, 6.45) is -0.964. The molecular formula is C12H20O6. The second kappa shape index (κ2) is 6.98. The van der Waals surface area contributed by atoms with Crippen LogP contribution in [0, 0.1) is 5.41 Å². The Morgan fingerprint density at radius 2 is 1.83 bits per heavy atom. The number of carbonyl (C=O) groups excluding carboxylic acids is 2. The Balaban J connectivity index is 4.37. The number of rotatable bonds is 7. The zero-order chi connectivity index (χ0) is 14.3. The van der Waals surface area contributed by atoms with Gasteiger partial charge >= 0.3 is 17.9 Å². The summed E-state index contributed by atoms with van der Waals surface area (Å²) >= 11 is 0. The molecule has 0 bridgehead atoms. The fraction of sp³-hybridized carbons (Fsp3) is 0.750. The first kappa shape index (κ1) is 16.4. The van der Waals surface area contributed by atoms with Gasteiger partial charge in [-0.3, -0.25) is 9.59 Å². The van der Waals surface area contributed by atoms with Crippen molar-refractivity contribution in [3.05, 3.63) is 0 Å². The molecule has 0 amide bonds. The van der Waals surface area contributed by atoms with E-state index in [2.05, 4.69) is 0 Å². The molecule has 0 spiro atoms. The lowest BCUT2D eigenvalue weighted by molar-refractivity contribution is -0.172. The van der Waals surface area contributed by atoms with Crippen LogP contribution in [0.2, 0.25) is 0 Å².